The summed E-state index contributed by atoms with van der Waals surface area (Å²) in [5, 5.41) is 11.8. The van der Waals surface area contributed by atoms with Crippen LogP contribution >= 0.6 is 0 Å². The van der Waals surface area contributed by atoms with Gasteiger partial charge in [0.1, 0.15) is 11.8 Å². The molecule has 0 radical (unpaired) electrons. The molecular formula is C9H11N5. The Morgan fingerprint density at radius 3 is 2.93 bits per heavy atom. The summed E-state index contributed by atoms with van der Waals surface area (Å²) in [5.74, 6) is 0.500. The maximum atomic E-state index is 8.70. The Labute approximate surface area is 82.0 Å². The van der Waals surface area contributed by atoms with Crippen molar-refractivity contribution in [3.05, 3.63) is 17.5 Å². The van der Waals surface area contributed by atoms with Crippen LogP contribution in [-0.2, 0) is 0 Å². The van der Waals surface area contributed by atoms with Gasteiger partial charge in [-0.2, -0.15) is 5.26 Å². The van der Waals surface area contributed by atoms with Gasteiger partial charge in [-0.1, -0.05) is 0 Å². The minimum Gasteiger partial charge on any atom is -0.350 e. The van der Waals surface area contributed by atoms with E-state index in [1.807, 2.05) is 13.0 Å². The highest BCUT2D eigenvalue weighted by Crippen LogP contribution is 2.22. The largest absolute Gasteiger partial charge is 0.350 e. The van der Waals surface area contributed by atoms with Crippen molar-refractivity contribution in [1.29, 1.82) is 5.26 Å². The molecule has 2 rings (SSSR count). The monoisotopic (exact) mass is 189 g/mol. The Hall–Kier alpha value is -1.67. The number of anilines is 1. The molecule has 1 heterocycles. The molecule has 3 N–H and O–H groups in total. The SMILES string of the molecule is Cc1cc(C#N)nc(NC2CC2N)n1. The summed E-state index contributed by atoms with van der Waals surface area (Å²) in [6, 6.07) is 4.11. The van der Waals surface area contributed by atoms with Gasteiger partial charge in [0.15, 0.2) is 0 Å². The number of rotatable bonds is 2. The van der Waals surface area contributed by atoms with Crippen molar-refractivity contribution in [3.63, 3.8) is 0 Å². The molecule has 0 spiro atoms. The number of hydrogen-bond donors (Lipinski definition) is 2. The lowest BCUT2D eigenvalue weighted by Gasteiger charge is -2.03. The van der Waals surface area contributed by atoms with Crippen LogP contribution in [-0.4, -0.2) is 22.1 Å². The number of nitrogens with zero attached hydrogens (tertiary/aromatic N) is 3. The van der Waals surface area contributed by atoms with Gasteiger partial charge in [-0.15, -0.1) is 0 Å². The second-order valence-electron chi connectivity index (χ2n) is 3.48. The van der Waals surface area contributed by atoms with E-state index in [9.17, 15) is 0 Å². The first-order valence-corrected chi connectivity index (χ1v) is 4.47. The molecule has 0 bridgehead atoms. The Morgan fingerprint density at radius 1 is 1.64 bits per heavy atom. The van der Waals surface area contributed by atoms with Crippen LogP contribution in [0.2, 0.25) is 0 Å². The van der Waals surface area contributed by atoms with Crippen molar-refractivity contribution < 1.29 is 0 Å². The lowest BCUT2D eigenvalue weighted by Crippen LogP contribution is -2.15. The van der Waals surface area contributed by atoms with Gasteiger partial charge in [0.25, 0.3) is 0 Å². The van der Waals surface area contributed by atoms with Crippen molar-refractivity contribution in [2.75, 3.05) is 5.32 Å². The molecule has 5 heteroatoms. The zero-order valence-corrected chi connectivity index (χ0v) is 7.86. The van der Waals surface area contributed by atoms with Gasteiger partial charge in [0.2, 0.25) is 5.95 Å². The molecule has 1 aromatic heterocycles. The van der Waals surface area contributed by atoms with Gasteiger partial charge < -0.3 is 11.1 Å². The predicted octanol–water partition coefficient (Wildman–Crippen LogP) is 0.168. The van der Waals surface area contributed by atoms with Gasteiger partial charge in [-0.3, -0.25) is 0 Å². The highest BCUT2D eigenvalue weighted by atomic mass is 15.2. The van der Waals surface area contributed by atoms with E-state index in [2.05, 4.69) is 15.3 Å². The fourth-order valence-corrected chi connectivity index (χ4v) is 1.24. The van der Waals surface area contributed by atoms with E-state index in [1.54, 1.807) is 6.07 Å². The van der Waals surface area contributed by atoms with Crippen molar-refractivity contribution in [2.24, 2.45) is 5.73 Å². The third kappa shape index (κ3) is 1.80. The van der Waals surface area contributed by atoms with E-state index in [0.29, 0.717) is 11.6 Å². The number of nitrogens with two attached hydrogens (primary N) is 1. The van der Waals surface area contributed by atoms with Crippen molar-refractivity contribution in [3.8, 4) is 6.07 Å². The Kier molecular flexibility index (Phi) is 2.06. The summed E-state index contributed by atoms with van der Waals surface area (Å²) >= 11 is 0. The van der Waals surface area contributed by atoms with Crippen LogP contribution < -0.4 is 11.1 Å². The molecule has 72 valence electrons. The molecule has 1 aliphatic carbocycles. The van der Waals surface area contributed by atoms with Gasteiger partial charge >= 0.3 is 0 Å². The molecular weight excluding hydrogens is 178 g/mol. The van der Waals surface area contributed by atoms with E-state index in [4.69, 9.17) is 11.0 Å². The minimum absolute atomic E-state index is 0.199. The highest BCUT2D eigenvalue weighted by Gasteiger charge is 2.33. The van der Waals surface area contributed by atoms with Crippen molar-refractivity contribution in [2.45, 2.75) is 25.4 Å². The van der Waals surface area contributed by atoms with Crippen LogP contribution in [0.4, 0.5) is 5.95 Å². The van der Waals surface area contributed by atoms with E-state index in [1.165, 1.54) is 0 Å². The maximum Gasteiger partial charge on any atom is 0.224 e. The lowest BCUT2D eigenvalue weighted by atomic mass is 10.3. The Morgan fingerprint density at radius 2 is 2.36 bits per heavy atom. The Bertz CT molecular complexity index is 395. The predicted molar refractivity (Wildman–Crippen MR) is 51.5 cm³/mol. The first-order chi connectivity index (χ1) is 6.69. The fraction of sp³-hybridized carbons (Fsp3) is 0.444. The van der Waals surface area contributed by atoms with Crippen molar-refractivity contribution in [1.82, 2.24) is 9.97 Å². The average molecular weight is 189 g/mol. The van der Waals surface area contributed by atoms with Gasteiger partial charge in [0.05, 0.1) is 0 Å². The average Bonchev–Trinajstić information content (AvgIpc) is 2.80. The molecule has 5 nitrogen and oxygen atoms in total. The molecule has 1 aromatic rings. The van der Waals surface area contributed by atoms with E-state index >= 15 is 0 Å². The van der Waals surface area contributed by atoms with Gasteiger partial charge in [0, 0.05) is 17.8 Å². The first-order valence-electron chi connectivity index (χ1n) is 4.47. The second-order valence-corrected chi connectivity index (χ2v) is 3.48. The smallest absolute Gasteiger partial charge is 0.224 e. The molecule has 2 unspecified atom stereocenters. The fourth-order valence-electron chi connectivity index (χ4n) is 1.24. The molecule has 1 fully saturated rings. The molecule has 0 aromatic carbocycles. The van der Waals surface area contributed by atoms with Crippen molar-refractivity contribution >= 4 is 5.95 Å². The molecule has 1 aliphatic rings. The number of hydrogen-bond acceptors (Lipinski definition) is 5. The topological polar surface area (TPSA) is 87.6 Å². The zero-order valence-electron chi connectivity index (χ0n) is 7.86. The summed E-state index contributed by atoms with van der Waals surface area (Å²) < 4.78 is 0. The first kappa shape index (κ1) is 8.91. The van der Waals surface area contributed by atoms with Crippen LogP contribution in [0, 0.1) is 18.3 Å². The van der Waals surface area contributed by atoms with Crippen LogP contribution in [0.5, 0.6) is 0 Å². The second kappa shape index (κ2) is 3.24. The van der Waals surface area contributed by atoms with Crippen LogP contribution in [0.3, 0.4) is 0 Å². The van der Waals surface area contributed by atoms with Gasteiger partial charge in [-0.25, -0.2) is 9.97 Å². The van der Waals surface area contributed by atoms with E-state index in [0.717, 1.165) is 12.1 Å². The summed E-state index contributed by atoms with van der Waals surface area (Å²) in [6.07, 6.45) is 0.944. The molecule has 14 heavy (non-hydrogen) atoms. The Balaban J connectivity index is 2.17. The maximum absolute atomic E-state index is 8.70. The number of aromatic nitrogens is 2. The highest BCUT2D eigenvalue weighted by molar-refractivity contribution is 5.36. The van der Waals surface area contributed by atoms with E-state index in [-0.39, 0.29) is 12.1 Å². The van der Waals surface area contributed by atoms with Crippen LogP contribution in [0.25, 0.3) is 0 Å². The standard InChI is InChI=1S/C9H11N5/c1-5-2-6(4-10)13-9(12-5)14-8-3-7(8)11/h2,7-8H,3,11H2,1H3,(H,12,13,14). The lowest BCUT2D eigenvalue weighted by molar-refractivity contribution is 0.965. The molecule has 2 atom stereocenters. The summed E-state index contributed by atoms with van der Waals surface area (Å²) in [7, 11) is 0. The number of nitrogens with one attached hydrogen (secondary N) is 1. The van der Waals surface area contributed by atoms with Crippen LogP contribution in [0.1, 0.15) is 17.8 Å². The van der Waals surface area contributed by atoms with Crippen LogP contribution in [0.15, 0.2) is 6.07 Å². The molecule has 0 amide bonds. The third-order valence-electron chi connectivity index (χ3n) is 2.12. The summed E-state index contributed by atoms with van der Waals surface area (Å²) in [4.78, 5) is 8.20. The number of aryl methyl sites for hydroxylation is 1. The van der Waals surface area contributed by atoms with E-state index < -0.39 is 0 Å². The summed E-state index contributed by atoms with van der Waals surface area (Å²) in [5.41, 5.74) is 6.81. The molecule has 0 aliphatic heterocycles. The molecule has 1 saturated carbocycles. The molecule has 0 saturated heterocycles. The van der Waals surface area contributed by atoms with Gasteiger partial charge in [-0.05, 0) is 19.4 Å². The third-order valence-corrected chi connectivity index (χ3v) is 2.12. The number of nitriles is 1. The minimum atomic E-state index is 0.199. The zero-order chi connectivity index (χ0) is 10.1. The quantitative estimate of drug-likeness (QED) is 0.692. The summed E-state index contributed by atoms with van der Waals surface area (Å²) in [6.45, 7) is 1.83. The normalized spacial score (nSPS) is 24.1.